The Balaban J connectivity index is 0.000000175. The van der Waals surface area contributed by atoms with Crippen LogP contribution in [0.1, 0.15) is 17.3 Å². The van der Waals surface area contributed by atoms with Crippen LogP contribution >= 0.6 is 24.4 Å². The van der Waals surface area contributed by atoms with E-state index in [2.05, 4.69) is 19.6 Å². The lowest BCUT2D eigenvalue weighted by Gasteiger charge is -1.88. The van der Waals surface area contributed by atoms with Crippen LogP contribution in [0.2, 0.25) is 0 Å². The first-order valence-electron chi connectivity index (χ1n) is 4.10. The van der Waals surface area contributed by atoms with Crippen molar-refractivity contribution in [3.8, 4) is 0 Å². The minimum atomic E-state index is -0.185. The molecule has 1 aromatic rings. The van der Waals surface area contributed by atoms with Crippen molar-refractivity contribution in [3.05, 3.63) is 35.9 Å². The molecule has 1 nitrogen and oxygen atoms in total. The number of hydrogen-bond donors (Lipinski definition) is 1. The highest BCUT2D eigenvalue weighted by molar-refractivity contribution is 8.06. The van der Waals surface area contributed by atoms with Gasteiger partial charge in [-0.3, -0.25) is 4.79 Å². The zero-order valence-electron chi connectivity index (χ0n) is 7.43. The summed E-state index contributed by atoms with van der Waals surface area (Å²) in [6.07, 6.45) is 0. The predicted molar refractivity (Wildman–Crippen MR) is 61.7 cm³/mol. The Labute approximate surface area is 88.3 Å². The van der Waals surface area contributed by atoms with Crippen LogP contribution in [0.15, 0.2) is 30.3 Å². The lowest BCUT2D eigenvalue weighted by atomic mass is 10.2. The molecule has 1 saturated heterocycles. The molecule has 0 radical (unpaired) electrons. The Morgan fingerprint density at radius 2 is 1.92 bits per heavy atom. The molecule has 0 aliphatic carbocycles. The third kappa shape index (κ3) is 5.01. The molecule has 0 amide bonds. The Kier molecular flexibility index (Phi) is 4.39. The molecule has 3 heteroatoms. The molecule has 1 fully saturated rings. The Hall–Kier alpha value is -0.410. The van der Waals surface area contributed by atoms with E-state index in [1.54, 1.807) is 12.1 Å². The minimum absolute atomic E-state index is 0.185. The van der Waals surface area contributed by atoms with Gasteiger partial charge in [0.25, 0.3) is 0 Å². The van der Waals surface area contributed by atoms with Gasteiger partial charge >= 0.3 is 0 Å². The summed E-state index contributed by atoms with van der Waals surface area (Å²) >= 11 is 5.67. The maximum Gasteiger partial charge on any atom is 0.216 e. The number of rotatable bonds is 1. The number of hydrogen-bond acceptors (Lipinski definition) is 2. The molecule has 0 spiro atoms. The molecule has 0 aromatic heterocycles. The fraction of sp³-hybridized carbons (Fsp3) is 0.300. The van der Waals surface area contributed by atoms with Gasteiger partial charge in [-0.2, -0.15) is 11.8 Å². The van der Waals surface area contributed by atoms with E-state index in [1.165, 1.54) is 5.75 Å². The Bertz CT molecular complexity index is 268. The van der Waals surface area contributed by atoms with E-state index < -0.39 is 0 Å². The molecule has 13 heavy (non-hydrogen) atoms. The summed E-state index contributed by atoms with van der Waals surface area (Å²) in [4.78, 5) is 10.5. The van der Waals surface area contributed by atoms with Gasteiger partial charge in [0, 0.05) is 16.6 Å². The lowest BCUT2D eigenvalue weighted by molar-refractivity contribution is 0.109. The Morgan fingerprint density at radius 1 is 1.46 bits per heavy atom. The third-order valence-corrected chi connectivity index (χ3v) is 2.78. The first kappa shape index (κ1) is 10.7. The Morgan fingerprint density at radius 3 is 2.15 bits per heavy atom. The van der Waals surface area contributed by atoms with Gasteiger partial charge < -0.3 is 0 Å². The number of thioether (sulfide) groups is 1. The van der Waals surface area contributed by atoms with E-state index in [-0.39, 0.29) is 5.12 Å². The van der Waals surface area contributed by atoms with Crippen LogP contribution < -0.4 is 0 Å². The third-order valence-electron chi connectivity index (χ3n) is 1.52. The molecule has 1 aliphatic rings. The molecule has 1 aromatic carbocycles. The maximum atomic E-state index is 10.5. The van der Waals surface area contributed by atoms with E-state index in [9.17, 15) is 4.79 Å². The zero-order valence-corrected chi connectivity index (χ0v) is 9.15. The average Bonchev–Trinajstić information content (AvgIpc) is 2.90. The quantitative estimate of drug-likeness (QED) is 0.569. The van der Waals surface area contributed by atoms with Crippen molar-refractivity contribution < 1.29 is 4.79 Å². The largest absolute Gasteiger partial charge is 0.282 e. The molecule has 0 saturated carbocycles. The topological polar surface area (TPSA) is 17.1 Å². The fourth-order valence-corrected chi connectivity index (χ4v) is 1.02. The predicted octanol–water partition coefficient (Wildman–Crippen LogP) is 2.88. The molecule has 1 aliphatic heterocycles. The second-order valence-corrected chi connectivity index (χ2v) is 4.69. The summed E-state index contributed by atoms with van der Waals surface area (Å²) in [5.41, 5.74) is 0.640. The van der Waals surface area contributed by atoms with Gasteiger partial charge in [-0.05, 0) is 0 Å². The fourth-order valence-electron chi connectivity index (χ4n) is 0.677. The van der Waals surface area contributed by atoms with Crippen LogP contribution in [-0.2, 0) is 0 Å². The molecular weight excluding hydrogens is 200 g/mol. The SMILES string of the molecule is CC1CS1.O=C(S)c1ccccc1. The van der Waals surface area contributed by atoms with Gasteiger partial charge in [-0.15, -0.1) is 12.6 Å². The van der Waals surface area contributed by atoms with Crippen LogP contribution in [0, 0.1) is 0 Å². The van der Waals surface area contributed by atoms with E-state index in [4.69, 9.17) is 0 Å². The second-order valence-electron chi connectivity index (χ2n) is 2.82. The van der Waals surface area contributed by atoms with Crippen LogP contribution in [0.5, 0.6) is 0 Å². The van der Waals surface area contributed by atoms with Crippen molar-refractivity contribution in [2.75, 3.05) is 5.75 Å². The molecule has 2 rings (SSSR count). The highest BCUT2D eigenvalue weighted by Gasteiger charge is 2.13. The summed E-state index contributed by atoms with van der Waals surface area (Å²) < 4.78 is 0. The smallest absolute Gasteiger partial charge is 0.216 e. The number of carbonyl (C=O) groups is 1. The summed E-state index contributed by atoms with van der Waals surface area (Å²) in [5, 5.41) is 0.815. The monoisotopic (exact) mass is 212 g/mol. The summed E-state index contributed by atoms with van der Waals surface area (Å²) in [7, 11) is 0. The number of carbonyl (C=O) groups excluding carboxylic acids is 1. The normalized spacial score (nSPS) is 18.5. The van der Waals surface area contributed by atoms with Gasteiger partial charge in [-0.25, -0.2) is 0 Å². The van der Waals surface area contributed by atoms with Gasteiger partial charge in [0.1, 0.15) is 0 Å². The zero-order chi connectivity index (χ0) is 9.68. The van der Waals surface area contributed by atoms with Gasteiger partial charge in [0.05, 0.1) is 0 Å². The summed E-state index contributed by atoms with van der Waals surface area (Å²) in [6, 6.07) is 8.94. The van der Waals surface area contributed by atoms with Crippen molar-refractivity contribution in [3.63, 3.8) is 0 Å². The maximum absolute atomic E-state index is 10.5. The molecule has 70 valence electrons. The van der Waals surface area contributed by atoms with E-state index in [0.717, 1.165) is 5.25 Å². The van der Waals surface area contributed by atoms with Crippen molar-refractivity contribution >= 4 is 29.5 Å². The molecule has 1 heterocycles. The van der Waals surface area contributed by atoms with Gasteiger partial charge in [0.15, 0.2) is 0 Å². The van der Waals surface area contributed by atoms with Crippen LogP contribution in [0.3, 0.4) is 0 Å². The van der Waals surface area contributed by atoms with Crippen molar-refractivity contribution in [2.45, 2.75) is 12.2 Å². The molecular formula is C10H12OS2. The number of thiol groups is 1. The summed E-state index contributed by atoms with van der Waals surface area (Å²) in [5.74, 6) is 1.40. The molecule has 0 N–H and O–H groups in total. The average molecular weight is 212 g/mol. The minimum Gasteiger partial charge on any atom is -0.282 e. The second kappa shape index (κ2) is 5.35. The standard InChI is InChI=1S/C7H6OS.C3H6S/c8-7(9)6-4-2-1-3-5-6;1-3-2-4-3/h1-5H,(H,8,9);3H,2H2,1H3. The van der Waals surface area contributed by atoms with Crippen LogP contribution in [-0.4, -0.2) is 16.1 Å². The first-order valence-corrected chi connectivity index (χ1v) is 5.59. The van der Waals surface area contributed by atoms with Gasteiger partial charge in [0.2, 0.25) is 5.12 Å². The summed E-state index contributed by atoms with van der Waals surface area (Å²) in [6.45, 7) is 2.24. The van der Waals surface area contributed by atoms with Crippen LogP contribution in [0.4, 0.5) is 0 Å². The van der Waals surface area contributed by atoms with Crippen molar-refractivity contribution in [1.29, 1.82) is 0 Å². The van der Waals surface area contributed by atoms with Gasteiger partial charge in [-0.1, -0.05) is 37.3 Å². The highest BCUT2D eigenvalue weighted by atomic mass is 32.2. The van der Waals surface area contributed by atoms with Crippen LogP contribution in [0.25, 0.3) is 0 Å². The van der Waals surface area contributed by atoms with Crippen molar-refractivity contribution in [1.82, 2.24) is 0 Å². The number of benzene rings is 1. The van der Waals surface area contributed by atoms with E-state index in [1.807, 2.05) is 30.0 Å². The first-order chi connectivity index (χ1) is 6.20. The van der Waals surface area contributed by atoms with Crippen molar-refractivity contribution in [2.24, 2.45) is 0 Å². The molecule has 1 unspecified atom stereocenters. The lowest BCUT2D eigenvalue weighted by Crippen LogP contribution is -1.84. The molecule has 0 bridgehead atoms. The highest BCUT2D eigenvalue weighted by Crippen LogP contribution is 2.28. The van der Waals surface area contributed by atoms with E-state index >= 15 is 0 Å². The van der Waals surface area contributed by atoms with E-state index in [0.29, 0.717) is 5.56 Å². The molecule has 1 atom stereocenters.